The van der Waals surface area contributed by atoms with Crippen molar-refractivity contribution >= 4 is 17.3 Å². The molecule has 4 heteroatoms. The Hall–Kier alpha value is -0.350. The number of ether oxygens (including phenoxy) is 1. The third-order valence-corrected chi connectivity index (χ3v) is 4.22. The van der Waals surface area contributed by atoms with Crippen LogP contribution in [0, 0.1) is 0 Å². The lowest BCUT2D eigenvalue weighted by Crippen LogP contribution is -2.44. The normalized spacial score (nSPS) is 26.3. The van der Waals surface area contributed by atoms with Gasteiger partial charge in [0.1, 0.15) is 0 Å². The van der Waals surface area contributed by atoms with Crippen LogP contribution in [0.15, 0.2) is 0 Å². The van der Waals surface area contributed by atoms with E-state index < -0.39 is 0 Å². The average Bonchev–Trinajstić information content (AvgIpc) is 2.83. The van der Waals surface area contributed by atoms with Gasteiger partial charge in [0.15, 0.2) is 5.11 Å². The van der Waals surface area contributed by atoms with Gasteiger partial charge in [-0.3, -0.25) is 0 Å². The highest BCUT2D eigenvalue weighted by atomic mass is 32.1. The van der Waals surface area contributed by atoms with Crippen molar-refractivity contribution in [1.29, 1.82) is 0 Å². The molecule has 0 spiro atoms. The highest BCUT2D eigenvalue weighted by Crippen LogP contribution is 2.17. The quantitative estimate of drug-likeness (QED) is 0.773. The van der Waals surface area contributed by atoms with Crippen molar-refractivity contribution in [2.75, 3.05) is 13.2 Å². The zero-order chi connectivity index (χ0) is 12.6. The van der Waals surface area contributed by atoms with E-state index in [2.05, 4.69) is 10.6 Å². The van der Waals surface area contributed by atoms with Gasteiger partial charge in [-0.05, 0) is 37.9 Å². The van der Waals surface area contributed by atoms with Crippen molar-refractivity contribution in [3.05, 3.63) is 0 Å². The van der Waals surface area contributed by atoms with E-state index in [-0.39, 0.29) is 0 Å². The summed E-state index contributed by atoms with van der Waals surface area (Å²) >= 11 is 5.37. The lowest BCUT2D eigenvalue weighted by molar-refractivity contribution is 0.114. The van der Waals surface area contributed by atoms with Crippen LogP contribution in [-0.4, -0.2) is 30.4 Å². The molecule has 3 nitrogen and oxygen atoms in total. The first-order chi connectivity index (χ1) is 8.84. The molecular formula is C14H26N2OS. The first-order valence-corrected chi connectivity index (χ1v) is 7.91. The molecule has 0 aromatic heterocycles. The molecule has 0 bridgehead atoms. The van der Waals surface area contributed by atoms with Gasteiger partial charge in [0.25, 0.3) is 0 Å². The van der Waals surface area contributed by atoms with Crippen molar-refractivity contribution in [3.8, 4) is 0 Å². The molecular weight excluding hydrogens is 244 g/mol. The Morgan fingerprint density at radius 2 is 1.72 bits per heavy atom. The first-order valence-electron chi connectivity index (χ1n) is 7.50. The number of hydrogen-bond donors (Lipinski definition) is 2. The Labute approximate surface area is 116 Å². The predicted molar refractivity (Wildman–Crippen MR) is 78.8 cm³/mol. The summed E-state index contributed by atoms with van der Waals surface area (Å²) in [5, 5.41) is 7.59. The molecule has 1 aliphatic heterocycles. The molecule has 0 aromatic rings. The number of thiocarbonyl (C=S) groups is 1. The fraction of sp³-hybridized carbons (Fsp3) is 0.929. The molecule has 1 saturated carbocycles. The number of hydrogen-bond acceptors (Lipinski definition) is 2. The monoisotopic (exact) mass is 270 g/mol. The fourth-order valence-corrected chi connectivity index (χ4v) is 3.10. The molecule has 1 saturated heterocycles. The van der Waals surface area contributed by atoms with Gasteiger partial charge in [-0.25, -0.2) is 0 Å². The van der Waals surface area contributed by atoms with Crippen LogP contribution in [0.1, 0.15) is 57.8 Å². The molecule has 1 aliphatic carbocycles. The van der Waals surface area contributed by atoms with E-state index in [4.69, 9.17) is 17.0 Å². The maximum Gasteiger partial charge on any atom is 0.166 e. The zero-order valence-electron chi connectivity index (χ0n) is 11.2. The van der Waals surface area contributed by atoms with Gasteiger partial charge >= 0.3 is 0 Å². The van der Waals surface area contributed by atoms with Crippen LogP contribution in [0.2, 0.25) is 0 Å². The molecule has 2 N–H and O–H groups in total. The summed E-state index contributed by atoms with van der Waals surface area (Å²) in [5.41, 5.74) is 0. The maximum atomic E-state index is 5.58. The number of rotatable bonds is 3. The Balaban J connectivity index is 1.62. The Bertz CT molecular complexity index is 246. The molecule has 2 fully saturated rings. The summed E-state index contributed by atoms with van der Waals surface area (Å²) in [6.45, 7) is 1.77. The third-order valence-electron chi connectivity index (χ3n) is 3.95. The Morgan fingerprint density at radius 3 is 2.39 bits per heavy atom. The standard InChI is InChI=1S/C14H26N2OS/c18-14(15-11-13-9-6-10-17-13)16-12-7-4-2-1-3-5-8-12/h12-13H,1-11H2,(H2,15,16,18)/t13-/m0/s1. The predicted octanol–water partition coefficient (Wildman–Crippen LogP) is 2.74. The molecule has 18 heavy (non-hydrogen) atoms. The van der Waals surface area contributed by atoms with E-state index in [0.29, 0.717) is 12.1 Å². The fourth-order valence-electron chi connectivity index (χ4n) is 2.85. The van der Waals surface area contributed by atoms with Gasteiger partial charge in [0, 0.05) is 19.2 Å². The molecule has 2 aliphatic rings. The average molecular weight is 270 g/mol. The lowest BCUT2D eigenvalue weighted by Gasteiger charge is -2.23. The van der Waals surface area contributed by atoms with Crippen molar-refractivity contribution in [3.63, 3.8) is 0 Å². The Kier molecular flexibility index (Phi) is 6.21. The van der Waals surface area contributed by atoms with Crippen LogP contribution in [0.5, 0.6) is 0 Å². The third kappa shape index (κ3) is 5.11. The van der Waals surface area contributed by atoms with E-state index in [9.17, 15) is 0 Å². The Morgan fingerprint density at radius 1 is 1.00 bits per heavy atom. The van der Waals surface area contributed by atoms with Gasteiger partial charge in [-0.1, -0.05) is 32.1 Å². The summed E-state index contributed by atoms with van der Waals surface area (Å²) < 4.78 is 5.58. The summed E-state index contributed by atoms with van der Waals surface area (Å²) in [4.78, 5) is 0. The summed E-state index contributed by atoms with van der Waals surface area (Å²) in [6.07, 6.45) is 12.1. The van der Waals surface area contributed by atoms with Crippen LogP contribution in [0.4, 0.5) is 0 Å². The molecule has 1 heterocycles. The smallest absolute Gasteiger partial charge is 0.166 e. The second-order valence-electron chi connectivity index (χ2n) is 5.53. The maximum absolute atomic E-state index is 5.58. The summed E-state index contributed by atoms with van der Waals surface area (Å²) in [7, 11) is 0. The van der Waals surface area contributed by atoms with Crippen molar-refractivity contribution in [1.82, 2.24) is 10.6 Å². The zero-order valence-corrected chi connectivity index (χ0v) is 12.1. The second kappa shape index (κ2) is 7.95. The summed E-state index contributed by atoms with van der Waals surface area (Å²) in [6, 6.07) is 0.579. The van der Waals surface area contributed by atoms with Crippen LogP contribution in [0.25, 0.3) is 0 Å². The summed E-state index contributed by atoms with van der Waals surface area (Å²) in [5.74, 6) is 0. The molecule has 0 radical (unpaired) electrons. The van der Waals surface area contributed by atoms with Crippen molar-refractivity contribution < 1.29 is 4.74 Å². The van der Waals surface area contributed by atoms with Crippen LogP contribution in [-0.2, 0) is 4.74 Å². The van der Waals surface area contributed by atoms with Gasteiger partial charge in [0.2, 0.25) is 0 Å². The number of nitrogens with one attached hydrogen (secondary N) is 2. The van der Waals surface area contributed by atoms with Gasteiger partial charge < -0.3 is 15.4 Å². The topological polar surface area (TPSA) is 33.3 Å². The molecule has 0 aromatic carbocycles. The minimum Gasteiger partial charge on any atom is -0.376 e. The molecule has 104 valence electrons. The van der Waals surface area contributed by atoms with E-state index >= 15 is 0 Å². The molecule has 0 amide bonds. The van der Waals surface area contributed by atoms with Crippen molar-refractivity contribution in [2.24, 2.45) is 0 Å². The molecule has 0 unspecified atom stereocenters. The lowest BCUT2D eigenvalue weighted by atomic mass is 9.97. The van der Waals surface area contributed by atoms with Gasteiger partial charge in [0.05, 0.1) is 6.10 Å². The van der Waals surface area contributed by atoms with E-state index in [1.807, 2.05) is 0 Å². The van der Waals surface area contributed by atoms with Gasteiger partial charge in [-0.2, -0.15) is 0 Å². The van der Waals surface area contributed by atoms with E-state index in [1.54, 1.807) is 0 Å². The highest BCUT2D eigenvalue weighted by molar-refractivity contribution is 7.80. The minimum atomic E-state index is 0.363. The largest absolute Gasteiger partial charge is 0.376 e. The van der Waals surface area contributed by atoms with Crippen LogP contribution < -0.4 is 10.6 Å². The van der Waals surface area contributed by atoms with Gasteiger partial charge in [-0.15, -0.1) is 0 Å². The molecule has 1 atom stereocenters. The van der Waals surface area contributed by atoms with Crippen molar-refractivity contribution in [2.45, 2.75) is 69.9 Å². The van der Waals surface area contributed by atoms with Crippen LogP contribution in [0.3, 0.4) is 0 Å². The van der Waals surface area contributed by atoms with E-state index in [1.165, 1.54) is 57.8 Å². The van der Waals surface area contributed by atoms with E-state index in [0.717, 1.165) is 18.3 Å². The minimum absolute atomic E-state index is 0.363. The van der Waals surface area contributed by atoms with Crippen LogP contribution >= 0.6 is 12.2 Å². The first kappa shape index (κ1) is 14.1. The SMILES string of the molecule is S=C(NC[C@@H]1CCCO1)NC1CCCCCCC1. The molecule has 2 rings (SSSR count). The highest BCUT2D eigenvalue weighted by Gasteiger charge is 2.16. The second-order valence-corrected chi connectivity index (χ2v) is 5.94.